The molecule has 3 rings (SSSR count). The van der Waals surface area contributed by atoms with Crippen molar-refractivity contribution in [1.82, 2.24) is 14.9 Å². The number of aryl methyl sites for hydroxylation is 1. The number of aromatic nitrogens is 3. The van der Waals surface area contributed by atoms with Gasteiger partial charge in [-0.05, 0) is 61.6 Å². The molecule has 0 unspecified atom stereocenters. The maximum absolute atomic E-state index is 12.3. The van der Waals surface area contributed by atoms with Crippen molar-refractivity contribution in [2.75, 3.05) is 12.9 Å². The van der Waals surface area contributed by atoms with Crippen LogP contribution in [0, 0.1) is 6.92 Å². The van der Waals surface area contributed by atoms with Crippen LogP contribution in [0.25, 0.3) is 0 Å². The molecule has 0 spiro atoms. The minimum absolute atomic E-state index is 0.282. The van der Waals surface area contributed by atoms with Crippen molar-refractivity contribution >= 4 is 29.6 Å². The van der Waals surface area contributed by atoms with E-state index >= 15 is 0 Å². The van der Waals surface area contributed by atoms with Crippen molar-refractivity contribution in [2.45, 2.75) is 25.6 Å². The molecule has 156 valence electrons. The molecule has 30 heavy (non-hydrogen) atoms. The molecule has 0 aliphatic heterocycles. The van der Waals surface area contributed by atoms with Crippen molar-refractivity contribution in [2.24, 2.45) is 5.10 Å². The van der Waals surface area contributed by atoms with Crippen LogP contribution in [-0.4, -0.2) is 34.0 Å². The fraction of sp³-hybridized carbons (Fsp3) is 0.238. The van der Waals surface area contributed by atoms with Crippen LogP contribution in [0.15, 0.2) is 57.5 Å². The Morgan fingerprint density at radius 3 is 2.73 bits per heavy atom. The van der Waals surface area contributed by atoms with Gasteiger partial charge in [0.25, 0.3) is 5.56 Å². The standard InChI is InChI=1S/C21H21ClN4O3S/c1-4-28-19-11-15(12-23-26-20(27)14(2)24-25-21(26)30-3)8-9-18(19)29-13-16-6-5-7-17(22)10-16/h5-12H,4,13H2,1-3H3/b23-12-. The molecule has 3 aromatic rings. The lowest BCUT2D eigenvalue weighted by Crippen LogP contribution is -2.23. The Balaban J connectivity index is 1.84. The second-order valence-corrected chi connectivity index (χ2v) is 7.40. The summed E-state index contributed by atoms with van der Waals surface area (Å²) in [6.07, 6.45) is 3.38. The van der Waals surface area contributed by atoms with E-state index in [2.05, 4.69) is 15.3 Å². The van der Waals surface area contributed by atoms with Crippen molar-refractivity contribution in [1.29, 1.82) is 0 Å². The molecule has 0 atom stereocenters. The van der Waals surface area contributed by atoms with E-state index in [1.807, 2.05) is 55.6 Å². The summed E-state index contributed by atoms with van der Waals surface area (Å²) in [5.41, 5.74) is 1.68. The Labute approximate surface area is 183 Å². The zero-order valence-corrected chi connectivity index (χ0v) is 18.4. The van der Waals surface area contributed by atoms with E-state index in [0.717, 1.165) is 11.1 Å². The zero-order valence-electron chi connectivity index (χ0n) is 16.8. The largest absolute Gasteiger partial charge is 0.490 e. The Morgan fingerprint density at radius 2 is 2.00 bits per heavy atom. The first-order valence-electron chi connectivity index (χ1n) is 9.20. The third-order valence-electron chi connectivity index (χ3n) is 4.02. The SMILES string of the molecule is CCOc1cc(/C=N\n2c(SC)nnc(C)c2=O)ccc1OCc1cccc(Cl)c1. The summed E-state index contributed by atoms with van der Waals surface area (Å²) >= 11 is 7.32. The van der Waals surface area contributed by atoms with E-state index in [1.54, 1.807) is 13.1 Å². The average molecular weight is 445 g/mol. The molecule has 0 saturated heterocycles. The number of hydrogen-bond donors (Lipinski definition) is 0. The number of nitrogens with zero attached hydrogens (tertiary/aromatic N) is 4. The molecule has 0 fully saturated rings. The molecule has 9 heteroatoms. The van der Waals surface area contributed by atoms with Crippen LogP contribution in [0.4, 0.5) is 0 Å². The summed E-state index contributed by atoms with van der Waals surface area (Å²) in [7, 11) is 0. The molecule has 0 aliphatic carbocycles. The van der Waals surface area contributed by atoms with Crippen LogP contribution in [0.1, 0.15) is 23.7 Å². The third-order valence-corrected chi connectivity index (χ3v) is 4.88. The topological polar surface area (TPSA) is 78.6 Å². The number of ether oxygens (including phenoxy) is 2. The van der Waals surface area contributed by atoms with Crippen molar-refractivity contribution in [3.05, 3.63) is 74.7 Å². The first-order valence-corrected chi connectivity index (χ1v) is 10.8. The highest BCUT2D eigenvalue weighted by molar-refractivity contribution is 7.98. The zero-order chi connectivity index (χ0) is 21.5. The third kappa shape index (κ3) is 5.40. The minimum Gasteiger partial charge on any atom is -0.490 e. The molecule has 0 saturated carbocycles. The van der Waals surface area contributed by atoms with E-state index in [9.17, 15) is 4.79 Å². The number of benzene rings is 2. The van der Waals surface area contributed by atoms with Crippen LogP contribution in [0.2, 0.25) is 5.02 Å². The Morgan fingerprint density at radius 1 is 1.17 bits per heavy atom. The first-order chi connectivity index (χ1) is 14.5. The van der Waals surface area contributed by atoms with Crippen molar-refractivity contribution < 1.29 is 9.47 Å². The summed E-state index contributed by atoms with van der Waals surface area (Å²) in [6, 6.07) is 13.0. The van der Waals surface area contributed by atoms with Gasteiger partial charge in [-0.15, -0.1) is 10.2 Å². The highest BCUT2D eigenvalue weighted by atomic mass is 35.5. The molecular formula is C21H21ClN4O3S. The van der Waals surface area contributed by atoms with E-state index in [-0.39, 0.29) is 11.3 Å². The van der Waals surface area contributed by atoms with Gasteiger partial charge in [0.15, 0.2) is 11.5 Å². The molecule has 0 N–H and O–H groups in total. The van der Waals surface area contributed by atoms with Gasteiger partial charge in [-0.1, -0.05) is 35.5 Å². The Bertz CT molecular complexity index is 1120. The van der Waals surface area contributed by atoms with Crippen LogP contribution in [-0.2, 0) is 6.61 Å². The van der Waals surface area contributed by atoms with Crippen LogP contribution < -0.4 is 15.0 Å². The maximum atomic E-state index is 12.3. The predicted molar refractivity (Wildman–Crippen MR) is 119 cm³/mol. The Hall–Kier alpha value is -2.84. The van der Waals surface area contributed by atoms with Gasteiger partial charge in [-0.3, -0.25) is 4.79 Å². The van der Waals surface area contributed by atoms with Crippen LogP contribution in [0.3, 0.4) is 0 Å². The van der Waals surface area contributed by atoms with Crippen LogP contribution >= 0.6 is 23.4 Å². The van der Waals surface area contributed by atoms with Gasteiger partial charge in [0.05, 0.1) is 12.8 Å². The van der Waals surface area contributed by atoms with E-state index in [4.69, 9.17) is 21.1 Å². The summed E-state index contributed by atoms with van der Waals surface area (Å²) in [5.74, 6) is 1.20. The quantitative estimate of drug-likeness (QED) is 0.383. The van der Waals surface area contributed by atoms with E-state index in [1.165, 1.54) is 16.4 Å². The monoisotopic (exact) mass is 444 g/mol. The van der Waals surface area contributed by atoms with Crippen molar-refractivity contribution in [3.63, 3.8) is 0 Å². The van der Waals surface area contributed by atoms with Crippen molar-refractivity contribution in [3.8, 4) is 11.5 Å². The molecule has 7 nitrogen and oxygen atoms in total. The van der Waals surface area contributed by atoms with E-state index in [0.29, 0.717) is 34.9 Å². The molecule has 0 aliphatic rings. The normalized spacial score (nSPS) is 11.1. The number of halogens is 1. The van der Waals surface area contributed by atoms with Gasteiger partial charge in [0, 0.05) is 5.02 Å². The lowest BCUT2D eigenvalue weighted by molar-refractivity contribution is 0.269. The van der Waals surface area contributed by atoms with Gasteiger partial charge >= 0.3 is 0 Å². The summed E-state index contributed by atoms with van der Waals surface area (Å²) in [6.45, 7) is 4.35. The fourth-order valence-electron chi connectivity index (χ4n) is 2.58. The molecule has 0 amide bonds. The number of rotatable bonds is 8. The average Bonchev–Trinajstić information content (AvgIpc) is 2.74. The first kappa shape index (κ1) is 21.9. The molecule has 1 heterocycles. The minimum atomic E-state index is -0.308. The molecule has 2 aromatic carbocycles. The Kier molecular flexibility index (Phi) is 7.48. The predicted octanol–water partition coefficient (Wildman–Crippen LogP) is 4.18. The van der Waals surface area contributed by atoms with Gasteiger partial charge < -0.3 is 9.47 Å². The molecule has 1 aromatic heterocycles. The molecular weight excluding hydrogens is 424 g/mol. The summed E-state index contributed by atoms with van der Waals surface area (Å²) in [5, 5.41) is 13.2. The van der Waals surface area contributed by atoms with Gasteiger partial charge in [-0.25, -0.2) is 0 Å². The van der Waals surface area contributed by atoms with Crippen LogP contribution in [0.5, 0.6) is 11.5 Å². The molecule has 0 radical (unpaired) electrons. The highest BCUT2D eigenvalue weighted by Crippen LogP contribution is 2.29. The van der Waals surface area contributed by atoms with E-state index < -0.39 is 0 Å². The second kappa shape index (κ2) is 10.3. The summed E-state index contributed by atoms with van der Waals surface area (Å²) < 4.78 is 12.9. The van der Waals surface area contributed by atoms with Gasteiger partial charge in [-0.2, -0.15) is 9.78 Å². The number of hydrogen-bond acceptors (Lipinski definition) is 7. The lowest BCUT2D eigenvalue weighted by atomic mass is 10.2. The second-order valence-electron chi connectivity index (χ2n) is 6.19. The number of thioether (sulfide) groups is 1. The smallest absolute Gasteiger partial charge is 0.296 e. The van der Waals surface area contributed by atoms with Gasteiger partial charge in [0.1, 0.15) is 12.3 Å². The summed E-state index contributed by atoms with van der Waals surface area (Å²) in [4.78, 5) is 12.3. The fourth-order valence-corrected chi connectivity index (χ4v) is 3.22. The highest BCUT2D eigenvalue weighted by Gasteiger charge is 2.09. The molecule has 0 bridgehead atoms. The lowest BCUT2D eigenvalue weighted by Gasteiger charge is -2.13. The van der Waals surface area contributed by atoms with Gasteiger partial charge in [0.2, 0.25) is 5.16 Å². The maximum Gasteiger partial charge on any atom is 0.296 e.